The van der Waals surface area contributed by atoms with E-state index in [0.717, 1.165) is 0 Å². The first kappa shape index (κ1) is 15.1. The molecule has 0 aromatic carbocycles. The third-order valence-corrected chi connectivity index (χ3v) is 3.06. The molecule has 2 aliphatic rings. The van der Waals surface area contributed by atoms with Gasteiger partial charge in [0.15, 0.2) is 6.10 Å². The van der Waals surface area contributed by atoms with Gasteiger partial charge in [-0.1, -0.05) is 0 Å². The Morgan fingerprint density at radius 2 is 1.55 bits per heavy atom. The van der Waals surface area contributed by atoms with Crippen LogP contribution in [0.2, 0.25) is 0 Å². The van der Waals surface area contributed by atoms with E-state index in [4.69, 9.17) is 9.84 Å². The molecule has 0 aromatic heterocycles. The first-order chi connectivity index (χ1) is 9.24. The van der Waals surface area contributed by atoms with Crippen LogP contribution in [-0.2, 0) is 23.8 Å². The van der Waals surface area contributed by atoms with E-state index < -0.39 is 48.6 Å². The van der Waals surface area contributed by atoms with E-state index in [-0.39, 0.29) is 12.8 Å². The van der Waals surface area contributed by atoms with Gasteiger partial charge in [0.2, 0.25) is 5.79 Å². The monoisotopic (exact) mass is 294 g/mol. The predicted octanol–water partition coefficient (Wildman–Crippen LogP) is -3.69. The van der Waals surface area contributed by atoms with Crippen LogP contribution in [0.5, 0.6) is 0 Å². The van der Waals surface area contributed by atoms with Crippen LogP contribution in [0.1, 0.15) is 12.8 Å². The molecule has 2 heterocycles. The molecular weight excluding hydrogens is 280 g/mol. The second-order valence-electron chi connectivity index (χ2n) is 4.54. The van der Waals surface area contributed by atoms with Crippen molar-refractivity contribution >= 4 is 11.9 Å². The van der Waals surface area contributed by atoms with E-state index in [1.54, 1.807) is 0 Å². The van der Waals surface area contributed by atoms with Crippen LogP contribution >= 0.6 is 0 Å². The summed E-state index contributed by atoms with van der Waals surface area (Å²) >= 11 is 0. The molecule has 20 heavy (non-hydrogen) atoms. The summed E-state index contributed by atoms with van der Waals surface area (Å²) in [5, 5.41) is 47.9. The molecule has 0 amide bonds. The maximum Gasteiger partial charge on any atom is 0.409 e. The molecule has 5 N–H and O–H groups in total. The van der Waals surface area contributed by atoms with Gasteiger partial charge in [0, 0.05) is 0 Å². The van der Waals surface area contributed by atoms with Crippen molar-refractivity contribution in [1.29, 1.82) is 0 Å². The Balaban J connectivity index is 2.41. The average Bonchev–Trinajstić information content (AvgIpc) is 2.54. The van der Waals surface area contributed by atoms with Crippen LogP contribution in [0.3, 0.4) is 0 Å². The minimum absolute atomic E-state index is 0.354. The number of rotatable bonds is 1. The van der Waals surface area contributed by atoms with Crippen molar-refractivity contribution < 1.29 is 49.3 Å². The number of hydrogen-bond donors (Lipinski definition) is 5. The number of aliphatic hydroxyl groups excluding tert-OH is 4. The van der Waals surface area contributed by atoms with Crippen molar-refractivity contribution in [2.24, 2.45) is 0 Å². The molecule has 10 heteroatoms. The Bertz CT molecular complexity index is 404. The fraction of sp³-hybridized carbons (Fsp3) is 0.800. The third-order valence-electron chi connectivity index (χ3n) is 3.06. The topological polar surface area (TPSA) is 163 Å². The van der Waals surface area contributed by atoms with E-state index in [1.165, 1.54) is 0 Å². The normalized spacial score (nSPS) is 41.0. The van der Waals surface area contributed by atoms with Gasteiger partial charge in [-0.15, -0.1) is 0 Å². The number of ether oxygens (including phenoxy) is 3. The molecule has 0 unspecified atom stereocenters. The van der Waals surface area contributed by atoms with Gasteiger partial charge in [-0.3, -0.25) is 14.3 Å². The zero-order chi connectivity index (χ0) is 15.1. The molecule has 0 aromatic rings. The van der Waals surface area contributed by atoms with Crippen molar-refractivity contribution in [2.45, 2.75) is 42.9 Å². The largest absolute Gasteiger partial charge is 0.409 e. The quantitative estimate of drug-likeness (QED) is 0.304. The highest BCUT2D eigenvalue weighted by Crippen LogP contribution is 2.38. The summed E-state index contributed by atoms with van der Waals surface area (Å²) in [5.74, 6) is -7.60. The maximum atomic E-state index is 11.4. The van der Waals surface area contributed by atoms with Crippen molar-refractivity contribution in [3.05, 3.63) is 0 Å². The zero-order valence-electron chi connectivity index (χ0n) is 10.1. The molecule has 0 radical (unpaired) electrons. The van der Waals surface area contributed by atoms with E-state index in [0.29, 0.717) is 0 Å². The van der Waals surface area contributed by atoms with Gasteiger partial charge in [0.25, 0.3) is 0 Å². The Hall–Kier alpha value is -1.30. The highest BCUT2D eigenvalue weighted by Gasteiger charge is 2.65. The van der Waals surface area contributed by atoms with Crippen LogP contribution in [-0.4, -0.2) is 74.2 Å². The van der Waals surface area contributed by atoms with Gasteiger partial charge < -0.3 is 35.0 Å². The smallest absolute Gasteiger partial charge is 0.396 e. The molecule has 114 valence electrons. The van der Waals surface area contributed by atoms with E-state index in [2.05, 4.69) is 9.47 Å². The molecule has 10 nitrogen and oxygen atoms in total. The Morgan fingerprint density at radius 3 is 2.00 bits per heavy atom. The maximum absolute atomic E-state index is 11.4. The molecule has 1 spiro atoms. The van der Waals surface area contributed by atoms with Crippen molar-refractivity contribution in [3.8, 4) is 0 Å². The van der Waals surface area contributed by atoms with Crippen molar-refractivity contribution in [3.63, 3.8) is 0 Å². The number of carbonyl (C=O) groups is 2. The minimum Gasteiger partial charge on any atom is -0.396 e. The summed E-state index contributed by atoms with van der Waals surface area (Å²) in [7, 11) is 0. The predicted molar refractivity (Wildman–Crippen MR) is 55.3 cm³/mol. The molecule has 0 saturated carbocycles. The SMILES string of the molecule is O=C1CCC(=O)OC2(O1)O[C@@](O)(CO)[C@@H](O)[C@H](O)[C@@H]2O. The average molecular weight is 294 g/mol. The lowest BCUT2D eigenvalue weighted by Crippen LogP contribution is -2.72. The summed E-state index contributed by atoms with van der Waals surface area (Å²) in [6.45, 7) is -1.21. The first-order valence-corrected chi connectivity index (χ1v) is 5.75. The summed E-state index contributed by atoms with van der Waals surface area (Å²) in [6.07, 6.45) is -7.09. The standard InChI is InChI=1S/C10H14O10/c11-3-9(17)7(15)6(14)8(16)10(20-9)18-4(12)1-2-5(13)19-10/h6-8,11,14-17H,1-3H2/t6-,7-,8-,9-/m0/s1. The van der Waals surface area contributed by atoms with Gasteiger partial charge in [-0.25, -0.2) is 0 Å². The van der Waals surface area contributed by atoms with Crippen molar-refractivity contribution in [2.75, 3.05) is 6.61 Å². The van der Waals surface area contributed by atoms with Crippen LogP contribution < -0.4 is 0 Å². The highest BCUT2D eigenvalue weighted by molar-refractivity contribution is 5.79. The third kappa shape index (κ3) is 2.26. The lowest BCUT2D eigenvalue weighted by Gasteiger charge is -2.48. The number of hydrogen-bond acceptors (Lipinski definition) is 10. The van der Waals surface area contributed by atoms with Crippen LogP contribution in [0.25, 0.3) is 0 Å². The van der Waals surface area contributed by atoms with Gasteiger partial charge in [0.05, 0.1) is 12.8 Å². The number of carbonyl (C=O) groups excluding carboxylic acids is 2. The van der Waals surface area contributed by atoms with E-state index >= 15 is 0 Å². The molecule has 2 aliphatic heterocycles. The fourth-order valence-electron chi connectivity index (χ4n) is 1.95. The molecule has 4 atom stereocenters. The summed E-state index contributed by atoms with van der Waals surface area (Å²) < 4.78 is 14.0. The lowest BCUT2D eigenvalue weighted by molar-refractivity contribution is -0.489. The number of esters is 2. The van der Waals surface area contributed by atoms with Crippen molar-refractivity contribution in [1.82, 2.24) is 0 Å². The lowest BCUT2D eigenvalue weighted by atomic mass is 9.95. The van der Waals surface area contributed by atoms with Crippen LogP contribution in [0, 0.1) is 0 Å². The van der Waals surface area contributed by atoms with Crippen LogP contribution in [0.15, 0.2) is 0 Å². The molecule has 2 fully saturated rings. The molecule has 2 saturated heterocycles. The fourth-order valence-corrected chi connectivity index (χ4v) is 1.95. The van der Waals surface area contributed by atoms with Gasteiger partial charge in [0.1, 0.15) is 18.8 Å². The Labute approximate surface area is 112 Å². The molecule has 0 aliphatic carbocycles. The Kier molecular flexibility index (Phi) is 3.71. The Morgan fingerprint density at radius 1 is 1.05 bits per heavy atom. The van der Waals surface area contributed by atoms with E-state index in [9.17, 15) is 30.0 Å². The summed E-state index contributed by atoms with van der Waals surface area (Å²) in [6, 6.07) is 0. The zero-order valence-corrected chi connectivity index (χ0v) is 10.1. The highest BCUT2D eigenvalue weighted by atomic mass is 16.9. The van der Waals surface area contributed by atoms with Crippen LogP contribution in [0.4, 0.5) is 0 Å². The second-order valence-corrected chi connectivity index (χ2v) is 4.54. The minimum atomic E-state index is -2.83. The van der Waals surface area contributed by atoms with Gasteiger partial charge >= 0.3 is 17.9 Å². The first-order valence-electron chi connectivity index (χ1n) is 5.75. The second kappa shape index (κ2) is 4.91. The van der Waals surface area contributed by atoms with E-state index in [1.807, 2.05) is 0 Å². The van der Waals surface area contributed by atoms with Gasteiger partial charge in [-0.05, 0) is 0 Å². The molecule has 0 bridgehead atoms. The number of aliphatic hydroxyl groups is 5. The summed E-state index contributed by atoms with van der Waals surface area (Å²) in [4.78, 5) is 22.8. The van der Waals surface area contributed by atoms with Gasteiger partial charge in [-0.2, -0.15) is 0 Å². The summed E-state index contributed by atoms with van der Waals surface area (Å²) in [5.41, 5.74) is 0. The molecule has 2 rings (SSSR count). The molecular formula is C10H14O10.